The van der Waals surface area contributed by atoms with Crippen molar-refractivity contribution in [3.63, 3.8) is 0 Å². The number of amides is 2. The van der Waals surface area contributed by atoms with Gasteiger partial charge in [0.1, 0.15) is 0 Å². The van der Waals surface area contributed by atoms with Gasteiger partial charge in [-0.15, -0.1) is 0 Å². The lowest BCUT2D eigenvalue weighted by Gasteiger charge is -2.07. The molecule has 0 saturated carbocycles. The van der Waals surface area contributed by atoms with Crippen molar-refractivity contribution in [1.29, 1.82) is 0 Å². The quantitative estimate of drug-likeness (QED) is 0.663. The number of benzene rings is 2. The van der Waals surface area contributed by atoms with Crippen LogP contribution < -0.4 is 10.6 Å². The molecule has 2 rings (SSSR count). The average molecular weight is 375 g/mol. The fourth-order valence-corrected chi connectivity index (χ4v) is 2.62. The number of ether oxygens (including phenoxy) is 1. The van der Waals surface area contributed by atoms with Gasteiger partial charge in [-0.25, -0.2) is 0 Å². The molecule has 5 nitrogen and oxygen atoms in total. The third-order valence-electron chi connectivity index (χ3n) is 3.81. The summed E-state index contributed by atoms with van der Waals surface area (Å²) in [5.74, 6) is -0.326. The van der Waals surface area contributed by atoms with Crippen LogP contribution in [-0.4, -0.2) is 38.6 Å². The molecule has 0 aliphatic rings. The molecular formula is C20H23ClN2O3. The van der Waals surface area contributed by atoms with Gasteiger partial charge in [-0.1, -0.05) is 23.7 Å². The maximum absolute atomic E-state index is 12.2. The number of hydrogen-bond donors (Lipinski definition) is 2. The zero-order valence-electron chi connectivity index (χ0n) is 14.8. The molecule has 2 aromatic rings. The Hall–Kier alpha value is -2.37. The fraction of sp³-hybridized carbons (Fsp3) is 0.300. The molecule has 0 spiro atoms. The Balaban J connectivity index is 1.79. The summed E-state index contributed by atoms with van der Waals surface area (Å²) in [7, 11) is 1.63. The van der Waals surface area contributed by atoms with E-state index < -0.39 is 0 Å². The monoisotopic (exact) mass is 374 g/mol. The molecule has 0 aliphatic carbocycles. The second-order valence-electron chi connectivity index (χ2n) is 5.82. The number of hydrogen-bond acceptors (Lipinski definition) is 3. The number of methoxy groups -OCH3 is 1. The van der Waals surface area contributed by atoms with Crippen LogP contribution in [0.25, 0.3) is 0 Å². The molecule has 0 bridgehead atoms. The third-order valence-corrected chi connectivity index (χ3v) is 4.04. The molecule has 2 N–H and O–H groups in total. The third kappa shape index (κ3) is 6.50. The maximum atomic E-state index is 12.2. The van der Waals surface area contributed by atoms with Gasteiger partial charge in [-0.2, -0.15) is 0 Å². The SMILES string of the molecule is COCCCNC(=O)c1ccc(C(=O)NCCc2cccc(Cl)c2)cc1. The molecular weight excluding hydrogens is 352 g/mol. The van der Waals surface area contributed by atoms with E-state index in [0.29, 0.717) is 42.3 Å². The van der Waals surface area contributed by atoms with E-state index in [-0.39, 0.29) is 11.8 Å². The van der Waals surface area contributed by atoms with E-state index in [1.807, 2.05) is 24.3 Å². The summed E-state index contributed by atoms with van der Waals surface area (Å²) in [6, 6.07) is 14.2. The van der Waals surface area contributed by atoms with Crippen molar-refractivity contribution in [2.45, 2.75) is 12.8 Å². The molecule has 0 radical (unpaired) electrons. The van der Waals surface area contributed by atoms with E-state index in [0.717, 1.165) is 12.0 Å². The molecule has 0 fully saturated rings. The van der Waals surface area contributed by atoms with Gasteiger partial charge >= 0.3 is 0 Å². The summed E-state index contributed by atoms with van der Waals surface area (Å²) in [4.78, 5) is 24.2. The van der Waals surface area contributed by atoms with Crippen LogP contribution in [0.1, 0.15) is 32.7 Å². The van der Waals surface area contributed by atoms with Crippen molar-refractivity contribution in [2.75, 3.05) is 26.8 Å². The minimum Gasteiger partial charge on any atom is -0.385 e. The van der Waals surface area contributed by atoms with Gasteiger partial charge in [0.15, 0.2) is 0 Å². The molecule has 0 heterocycles. The molecule has 2 aromatic carbocycles. The summed E-state index contributed by atoms with van der Waals surface area (Å²) in [6.07, 6.45) is 1.46. The van der Waals surface area contributed by atoms with Crippen molar-refractivity contribution in [1.82, 2.24) is 10.6 Å². The second-order valence-corrected chi connectivity index (χ2v) is 6.25. The van der Waals surface area contributed by atoms with Gasteiger partial charge in [-0.3, -0.25) is 9.59 Å². The number of nitrogens with one attached hydrogen (secondary N) is 2. The van der Waals surface area contributed by atoms with Gasteiger partial charge in [0.05, 0.1) is 0 Å². The van der Waals surface area contributed by atoms with Crippen molar-refractivity contribution in [3.8, 4) is 0 Å². The van der Waals surface area contributed by atoms with Crippen LogP contribution >= 0.6 is 11.6 Å². The number of halogens is 1. The van der Waals surface area contributed by atoms with Crippen LogP contribution in [-0.2, 0) is 11.2 Å². The first-order valence-corrected chi connectivity index (χ1v) is 8.88. The Bertz CT molecular complexity index is 732. The van der Waals surface area contributed by atoms with Crippen LogP contribution in [0.15, 0.2) is 48.5 Å². The first-order chi connectivity index (χ1) is 12.6. The summed E-state index contributed by atoms with van der Waals surface area (Å²) < 4.78 is 4.94. The Labute approximate surface area is 158 Å². The lowest BCUT2D eigenvalue weighted by molar-refractivity contribution is 0.0939. The maximum Gasteiger partial charge on any atom is 0.251 e. The van der Waals surface area contributed by atoms with Crippen LogP contribution in [0.5, 0.6) is 0 Å². The normalized spacial score (nSPS) is 10.4. The average Bonchev–Trinajstić information content (AvgIpc) is 2.65. The molecule has 2 amide bonds. The predicted octanol–water partition coefficient (Wildman–Crippen LogP) is 3.08. The molecule has 138 valence electrons. The first-order valence-electron chi connectivity index (χ1n) is 8.50. The van der Waals surface area contributed by atoms with Gasteiger partial charge in [0.2, 0.25) is 0 Å². The van der Waals surface area contributed by atoms with Crippen molar-refractivity contribution in [2.24, 2.45) is 0 Å². The van der Waals surface area contributed by atoms with Gasteiger partial charge in [0, 0.05) is 43.0 Å². The molecule has 0 aliphatic heterocycles. The standard InChI is InChI=1S/C20H23ClN2O3/c1-26-13-3-11-22-19(24)16-6-8-17(9-7-16)20(25)23-12-10-15-4-2-5-18(21)14-15/h2,4-9,14H,3,10-13H2,1H3,(H,22,24)(H,23,25). The Morgan fingerprint density at radius 3 is 2.15 bits per heavy atom. The van der Waals surface area contributed by atoms with Gasteiger partial charge in [0.25, 0.3) is 11.8 Å². The molecule has 26 heavy (non-hydrogen) atoms. The van der Waals surface area contributed by atoms with Crippen molar-refractivity contribution >= 4 is 23.4 Å². The fourth-order valence-electron chi connectivity index (χ4n) is 2.41. The highest BCUT2D eigenvalue weighted by molar-refractivity contribution is 6.30. The summed E-state index contributed by atoms with van der Waals surface area (Å²) in [5, 5.41) is 6.36. The lowest BCUT2D eigenvalue weighted by Crippen LogP contribution is -2.27. The van der Waals surface area contributed by atoms with Crippen molar-refractivity contribution < 1.29 is 14.3 Å². The topological polar surface area (TPSA) is 67.4 Å². The van der Waals surface area contributed by atoms with Crippen LogP contribution in [0.2, 0.25) is 5.02 Å². The largest absolute Gasteiger partial charge is 0.385 e. The minimum absolute atomic E-state index is 0.158. The molecule has 0 atom stereocenters. The predicted molar refractivity (Wildman–Crippen MR) is 103 cm³/mol. The summed E-state index contributed by atoms with van der Waals surface area (Å²) in [6.45, 7) is 1.67. The van der Waals surface area contributed by atoms with Crippen LogP contribution in [0, 0.1) is 0 Å². The molecule has 0 saturated heterocycles. The van der Waals surface area contributed by atoms with E-state index in [4.69, 9.17) is 16.3 Å². The summed E-state index contributed by atoms with van der Waals surface area (Å²) in [5.41, 5.74) is 2.11. The zero-order chi connectivity index (χ0) is 18.8. The molecule has 0 unspecified atom stereocenters. The minimum atomic E-state index is -0.168. The molecule has 0 aromatic heterocycles. The van der Waals surface area contributed by atoms with E-state index in [1.54, 1.807) is 31.4 Å². The Morgan fingerprint density at radius 2 is 1.58 bits per heavy atom. The summed E-state index contributed by atoms with van der Waals surface area (Å²) >= 11 is 5.94. The highest BCUT2D eigenvalue weighted by Crippen LogP contribution is 2.11. The Morgan fingerprint density at radius 1 is 0.962 bits per heavy atom. The van der Waals surface area contributed by atoms with E-state index in [9.17, 15) is 9.59 Å². The smallest absolute Gasteiger partial charge is 0.251 e. The van der Waals surface area contributed by atoms with E-state index in [1.165, 1.54) is 0 Å². The highest BCUT2D eigenvalue weighted by Gasteiger charge is 2.08. The zero-order valence-corrected chi connectivity index (χ0v) is 15.5. The Kier molecular flexibility index (Phi) is 8.12. The van der Waals surface area contributed by atoms with Gasteiger partial charge < -0.3 is 15.4 Å². The number of carbonyl (C=O) groups is 2. The van der Waals surface area contributed by atoms with E-state index in [2.05, 4.69) is 10.6 Å². The van der Waals surface area contributed by atoms with Crippen LogP contribution in [0.4, 0.5) is 0 Å². The van der Waals surface area contributed by atoms with E-state index >= 15 is 0 Å². The number of carbonyl (C=O) groups excluding carboxylic acids is 2. The first kappa shape index (κ1) is 19.9. The number of rotatable bonds is 9. The van der Waals surface area contributed by atoms with Gasteiger partial charge in [-0.05, 0) is 54.8 Å². The molecule has 6 heteroatoms. The van der Waals surface area contributed by atoms with Crippen LogP contribution in [0.3, 0.4) is 0 Å². The second kappa shape index (κ2) is 10.6. The lowest BCUT2D eigenvalue weighted by atomic mass is 10.1. The highest BCUT2D eigenvalue weighted by atomic mass is 35.5. The van der Waals surface area contributed by atoms with Crippen molar-refractivity contribution in [3.05, 3.63) is 70.2 Å².